The van der Waals surface area contributed by atoms with E-state index in [1.54, 1.807) is 24.1 Å². The molecule has 0 aliphatic carbocycles. The second kappa shape index (κ2) is 11.0. The lowest BCUT2D eigenvalue weighted by molar-refractivity contribution is -0.134. The summed E-state index contributed by atoms with van der Waals surface area (Å²) in [4.78, 5) is 30.0. The minimum absolute atomic E-state index is 0.0738. The summed E-state index contributed by atoms with van der Waals surface area (Å²) in [7, 11) is 1.59. The number of hydrogen-bond acceptors (Lipinski definition) is 4. The van der Waals surface area contributed by atoms with E-state index in [0.29, 0.717) is 50.6 Å². The van der Waals surface area contributed by atoms with Gasteiger partial charge in [0, 0.05) is 24.3 Å². The van der Waals surface area contributed by atoms with Crippen LogP contribution in [0.3, 0.4) is 0 Å². The van der Waals surface area contributed by atoms with Crippen LogP contribution in [0.2, 0.25) is 0 Å². The van der Waals surface area contributed by atoms with E-state index in [2.05, 4.69) is 0 Å². The van der Waals surface area contributed by atoms with Gasteiger partial charge in [0.25, 0.3) is 5.91 Å². The molecule has 0 unspecified atom stereocenters. The predicted molar refractivity (Wildman–Crippen MR) is 132 cm³/mol. The number of rotatable bonds is 7. The van der Waals surface area contributed by atoms with E-state index >= 15 is 0 Å². The molecule has 0 saturated carbocycles. The van der Waals surface area contributed by atoms with E-state index in [-0.39, 0.29) is 11.8 Å². The molecule has 1 aliphatic heterocycles. The molecule has 6 nitrogen and oxygen atoms in total. The third-order valence-electron chi connectivity index (χ3n) is 5.96. The molecule has 34 heavy (non-hydrogen) atoms. The van der Waals surface area contributed by atoms with Gasteiger partial charge in [-0.3, -0.25) is 9.59 Å². The fraction of sp³-hybridized carbons (Fsp3) is 0.286. The summed E-state index contributed by atoms with van der Waals surface area (Å²) < 4.78 is 10.7. The van der Waals surface area contributed by atoms with Crippen LogP contribution >= 0.6 is 0 Å². The van der Waals surface area contributed by atoms with Gasteiger partial charge in [-0.15, -0.1) is 0 Å². The van der Waals surface area contributed by atoms with Crippen LogP contribution in [0.1, 0.15) is 27.0 Å². The first kappa shape index (κ1) is 23.5. The van der Waals surface area contributed by atoms with E-state index in [9.17, 15) is 9.59 Å². The SMILES string of the molecule is COc1cccc(C(=O)N(Cc2ccc(C)cc2)c2cccc(CC(=O)N3CCOCC3)c2)c1. The molecule has 0 radical (unpaired) electrons. The zero-order valence-corrected chi connectivity index (χ0v) is 19.7. The molecule has 3 aromatic rings. The number of carbonyl (C=O) groups excluding carboxylic acids is 2. The van der Waals surface area contributed by atoms with E-state index < -0.39 is 0 Å². The summed E-state index contributed by atoms with van der Waals surface area (Å²) in [6.45, 7) is 4.84. The number of morpholine rings is 1. The number of aryl methyl sites for hydroxylation is 1. The summed E-state index contributed by atoms with van der Waals surface area (Å²) in [5, 5.41) is 0. The molecule has 0 atom stereocenters. The molecule has 1 heterocycles. The van der Waals surface area contributed by atoms with Crippen LogP contribution < -0.4 is 9.64 Å². The summed E-state index contributed by atoms with van der Waals surface area (Å²) >= 11 is 0. The van der Waals surface area contributed by atoms with Gasteiger partial charge in [-0.25, -0.2) is 0 Å². The molecular weight excluding hydrogens is 428 g/mol. The predicted octanol–water partition coefficient (Wildman–Crippen LogP) is 4.25. The number of ether oxygens (including phenoxy) is 2. The number of anilines is 1. The minimum Gasteiger partial charge on any atom is -0.497 e. The van der Waals surface area contributed by atoms with Crippen LogP contribution in [0.5, 0.6) is 5.75 Å². The number of nitrogens with zero attached hydrogens (tertiary/aromatic N) is 2. The molecule has 2 amide bonds. The fourth-order valence-electron chi connectivity index (χ4n) is 4.00. The molecular formula is C28H30N2O4. The highest BCUT2D eigenvalue weighted by Crippen LogP contribution is 2.24. The zero-order valence-electron chi connectivity index (χ0n) is 19.7. The zero-order chi connectivity index (χ0) is 23.9. The maximum Gasteiger partial charge on any atom is 0.258 e. The first-order valence-corrected chi connectivity index (χ1v) is 11.5. The topological polar surface area (TPSA) is 59.1 Å². The highest BCUT2D eigenvalue weighted by Gasteiger charge is 2.21. The van der Waals surface area contributed by atoms with Crippen molar-refractivity contribution in [2.75, 3.05) is 38.3 Å². The van der Waals surface area contributed by atoms with Crippen molar-refractivity contribution >= 4 is 17.5 Å². The van der Waals surface area contributed by atoms with E-state index in [4.69, 9.17) is 9.47 Å². The van der Waals surface area contributed by atoms with Gasteiger partial charge in [0.2, 0.25) is 5.91 Å². The largest absolute Gasteiger partial charge is 0.497 e. The second-order valence-electron chi connectivity index (χ2n) is 8.45. The van der Waals surface area contributed by atoms with Crippen molar-refractivity contribution < 1.29 is 19.1 Å². The molecule has 3 aromatic carbocycles. The standard InChI is InChI=1S/C28H30N2O4/c1-21-9-11-22(12-10-21)20-30(28(32)24-6-4-8-26(19-24)33-2)25-7-3-5-23(17-25)18-27(31)29-13-15-34-16-14-29/h3-12,17,19H,13-16,18,20H2,1-2H3. The van der Waals surface area contributed by atoms with Crippen LogP contribution in [0, 0.1) is 6.92 Å². The van der Waals surface area contributed by atoms with E-state index in [1.807, 2.05) is 72.5 Å². The average molecular weight is 459 g/mol. The fourth-order valence-corrected chi connectivity index (χ4v) is 4.00. The Morgan fingerprint density at radius 3 is 2.41 bits per heavy atom. The molecule has 1 aliphatic rings. The second-order valence-corrected chi connectivity index (χ2v) is 8.45. The summed E-state index contributed by atoms with van der Waals surface area (Å²) in [6, 6.07) is 23.0. The van der Waals surface area contributed by atoms with Crippen LogP contribution in [-0.4, -0.2) is 50.1 Å². The van der Waals surface area contributed by atoms with Gasteiger partial charge < -0.3 is 19.3 Å². The summed E-state index contributed by atoms with van der Waals surface area (Å²) in [6.07, 6.45) is 0.291. The van der Waals surface area contributed by atoms with Crippen LogP contribution in [0.15, 0.2) is 72.8 Å². The minimum atomic E-state index is -0.129. The molecule has 6 heteroatoms. The Morgan fingerprint density at radius 1 is 0.941 bits per heavy atom. The molecule has 176 valence electrons. The lowest BCUT2D eigenvalue weighted by atomic mass is 10.1. The quantitative estimate of drug-likeness (QED) is 0.531. The highest BCUT2D eigenvalue weighted by molar-refractivity contribution is 6.06. The van der Waals surface area contributed by atoms with Crippen molar-refractivity contribution in [2.45, 2.75) is 19.9 Å². The maximum absolute atomic E-state index is 13.6. The van der Waals surface area contributed by atoms with Crippen LogP contribution in [0.4, 0.5) is 5.69 Å². The summed E-state index contributed by atoms with van der Waals surface area (Å²) in [5.74, 6) is 0.576. The van der Waals surface area contributed by atoms with Gasteiger partial charge in [-0.1, -0.05) is 48.0 Å². The van der Waals surface area contributed by atoms with Gasteiger partial charge in [0.15, 0.2) is 0 Å². The Labute approximate surface area is 200 Å². The highest BCUT2D eigenvalue weighted by atomic mass is 16.5. The Morgan fingerprint density at radius 2 is 1.68 bits per heavy atom. The molecule has 0 spiro atoms. The third kappa shape index (κ3) is 5.83. The number of hydrogen-bond donors (Lipinski definition) is 0. The van der Waals surface area contributed by atoms with Crippen molar-refractivity contribution in [3.05, 3.63) is 95.1 Å². The number of amides is 2. The first-order valence-electron chi connectivity index (χ1n) is 11.5. The summed E-state index contributed by atoms with van der Waals surface area (Å²) in [5.41, 5.74) is 4.36. The van der Waals surface area contributed by atoms with E-state index in [1.165, 1.54) is 0 Å². The Kier molecular flexibility index (Phi) is 7.60. The maximum atomic E-state index is 13.6. The van der Waals surface area contributed by atoms with Gasteiger partial charge in [-0.2, -0.15) is 0 Å². The number of benzene rings is 3. The van der Waals surface area contributed by atoms with Gasteiger partial charge in [0.1, 0.15) is 5.75 Å². The lowest BCUT2D eigenvalue weighted by Crippen LogP contribution is -2.41. The van der Waals surface area contributed by atoms with Crippen molar-refractivity contribution in [1.82, 2.24) is 4.90 Å². The molecule has 0 bridgehead atoms. The van der Waals surface area contributed by atoms with Crippen molar-refractivity contribution in [3.8, 4) is 5.75 Å². The normalized spacial score (nSPS) is 13.4. The van der Waals surface area contributed by atoms with Crippen molar-refractivity contribution in [2.24, 2.45) is 0 Å². The van der Waals surface area contributed by atoms with Crippen molar-refractivity contribution in [3.63, 3.8) is 0 Å². The third-order valence-corrected chi connectivity index (χ3v) is 5.96. The molecule has 1 fully saturated rings. The van der Waals surface area contributed by atoms with E-state index in [0.717, 1.165) is 22.4 Å². The number of carbonyl (C=O) groups is 2. The van der Waals surface area contributed by atoms with Crippen LogP contribution in [0.25, 0.3) is 0 Å². The monoisotopic (exact) mass is 458 g/mol. The molecule has 4 rings (SSSR count). The Hall–Kier alpha value is -3.64. The average Bonchev–Trinajstić information content (AvgIpc) is 2.88. The number of methoxy groups -OCH3 is 1. The first-order chi connectivity index (χ1) is 16.5. The Bertz CT molecular complexity index is 1140. The molecule has 0 aromatic heterocycles. The Balaban J connectivity index is 1.62. The van der Waals surface area contributed by atoms with Gasteiger partial charge >= 0.3 is 0 Å². The van der Waals surface area contributed by atoms with Gasteiger partial charge in [0.05, 0.1) is 33.3 Å². The molecule has 0 N–H and O–H groups in total. The smallest absolute Gasteiger partial charge is 0.258 e. The van der Waals surface area contributed by atoms with Gasteiger partial charge in [-0.05, 0) is 48.4 Å². The van der Waals surface area contributed by atoms with Crippen molar-refractivity contribution in [1.29, 1.82) is 0 Å². The van der Waals surface area contributed by atoms with Crippen LogP contribution in [-0.2, 0) is 22.5 Å². The molecule has 1 saturated heterocycles. The lowest BCUT2D eigenvalue weighted by Gasteiger charge is -2.27.